The van der Waals surface area contributed by atoms with Gasteiger partial charge in [-0.1, -0.05) is 0 Å². The zero-order chi connectivity index (χ0) is 18.5. The van der Waals surface area contributed by atoms with E-state index in [1.165, 1.54) is 0 Å². The average Bonchev–Trinajstić information content (AvgIpc) is 3.15. The summed E-state index contributed by atoms with van der Waals surface area (Å²) in [6, 6.07) is 5.30. The van der Waals surface area contributed by atoms with Crippen LogP contribution in [0.1, 0.15) is 17.5 Å². The summed E-state index contributed by atoms with van der Waals surface area (Å²) in [7, 11) is 1.55. The van der Waals surface area contributed by atoms with E-state index in [1.54, 1.807) is 31.8 Å². The summed E-state index contributed by atoms with van der Waals surface area (Å²) < 4.78 is 12.5. The molecule has 0 spiro atoms. The number of benzene rings is 1. The highest BCUT2D eigenvalue weighted by molar-refractivity contribution is 5.85. The number of ether oxygens (including phenoxy) is 1. The summed E-state index contributed by atoms with van der Waals surface area (Å²) in [4.78, 5) is 28.4. The summed E-state index contributed by atoms with van der Waals surface area (Å²) in [6.45, 7) is 3.14. The van der Waals surface area contributed by atoms with E-state index in [9.17, 15) is 9.59 Å². The third kappa shape index (κ3) is 3.93. The number of amides is 1. The summed E-state index contributed by atoms with van der Waals surface area (Å²) in [6.07, 6.45) is 6.12. The number of carbonyl (C=O) groups excluding carboxylic acids is 1. The minimum atomic E-state index is -0.489. The van der Waals surface area contributed by atoms with Gasteiger partial charge in [0.2, 0.25) is 5.91 Å². The van der Waals surface area contributed by atoms with Gasteiger partial charge in [0, 0.05) is 36.9 Å². The van der Waals surface area contributed by atoms with Crippen LogP contribution in [0.15, 0.2) is 46.1 Å². The summed E-state index contributed by atoms with van der Waals surface area (Å²) >= 11 is 0. The van der Waals surface area contributed by atoms with Gasteiger partial charge in [-0.2, -0.15) is 0 Å². The predicted octanol–water partition coefficient (Wildman–Crippen LogP) is 2.06. The molecule has 3 aromatic rings. The number of hydrogen-bond acceptors (Lipinski definition) is 5. The number of nitrogens with zero attached hydrogens (tertiary/aromatic N) is 2. The van der Waals surface area contributed by atoms with Gasteiger partial charge in [-0.25, -0.2) is 9.78 Å². The van der Waals surface area contributed by atoms with Gasteiger partial charge < -0.3 is 19.0 Å². The van der Waals surface area contributed by atoms with Crippen molar-refractivity contribution < 1.29 is 13.9 Å². The highest BCUT2D eigenvalue weighted by Crippen LogP contribution is 2.24. The van der Waals surface area contributed by atoms with E-state index in [4.69, 9.17) is 9.15 Å². The molecule has 3 rings (SSSR count). The number of aryl methyl sites for hydroxylation is 2. The molecule has 0 atom stereocenters. The Morgan fingerprint density at radius 2 is 2.23 bits per heavy atom. The van der Waals surface area contributed by atoms with E-state index in [-0.39, 0.29) is 12.3 Å². The van der Waals surface area contributed by atoms with Crippen molar-refractivity contribution in [3.63, 3.8) is 0 Å². The fourth-order valence-electron chi connectivity index (χ4n) is 2.84. The Labute approximate surface area is 150 Å². The van der Waals surface area contributed by atoms with Crippen LogP contribution >= 0.6 is 0 Å². The predicted molar refractivity (Wildman–Crippen MR) is 97.3 cm³/mol. The van der Waals surface area contributed by atoms with Gasteiger partial charge in [0.05, 0.1) is 25.4 Å². The van der Waals surface area contributed by atoms with Crippen molar-refractivity contribution in [2.24, 2.45) is 0 Å². The molecule has 2 aromatic heterocycles. The molecule has 0 radical (unpaired) electrons. The first-order valence-electron chi connectivity index (χ1n) is 8.41. The van der Waals surface area contributed by atoms with E-state index in [0.717, 1.165) is 23.9 Å². The quantitative estimate of drug-likeness (QED) is 0.518. The number of rotatable bonds is 7. The van der Waals surface area contributed by atoms with Crippen molar-refractivity contribution in [2.45, 2.75) is 26.3 Å². The zero-order valence-corrected chi connectivity index (χ0v) is 14.8. The van der Waals surface area contributed by atoms with Crippen molar-refractivity contribution in [2.75, 3.05) is 13.7 Å². The summed E-state index contributed by atoms with van der Waals surface area (Å²) in [5, 5.41) is 3.64. The minimum Gasteiger partial charge on any atom is -0.497 e. The number of imidazole rings is 1. The first kappa shape index (κ1) is 17.7. The minimum absolute atomic E-state index is 0.00120. The van der Waals surface area contributed by atoms with Crippen LogP contribution < -0.4 is 15.7 Å². The van der Waals surface area contributed by atoms with Crippen LogP contribution in [0.25, 0.3) is 11.0 Å². The third-order valence-corrected chi connectivity index (χ3v) is 4.31. The van der Waals surface area contributed by atoms with Gasteiger partial charge in [0.15, 0.2) is 0 Å². The molecular weight excluding hydrogens is 334 g/mol. The molecule has 1 N–H and O–H groups in total. The Bertz CT molecular complexity index is 961. The smallest absolute Gasteiger partial charge is 0.340 e. The van der Waals surface area contributed by atoms with Crippen LogP contribution in [-0.4, -0.2) is 29.1 Å². The second kappa shape index (κ2) is 7.86. The maximum Gasteiger partial charge on any atom is 0.340 e. The largest absolute Gasteiger partial charge is 0.497 e. The molecular formula is C19H21N3O4. The molecule has 136 valence electrons. The van der Waals surface area contributed by atoms with E-state index in [2.05, 4.69) is 10.3 Å². The maximum absolute atomic E-state index is 12.3. The standard InChI is InChI=1S/C19H21N3O4/c1-13-15-5-4-14(25-2)10-17(15)26-19(24)16(13)11-18(23)21-6-3-8-22-9-7-20-12-22/h4-5,7,9-10,12H,3,6,8,11H2,1-2H3,(H,21,23). The molecule has 0 aliphatic heterocycles. The van der Waals surface area contributed by atoms with Crippen LogP contribution in [0.3, 0.4) is 0 Å². The number of carbonyl (C=O) groups is 1. The number of nitrogens with one attached hydrogen (secondary N) is 1. The number of fused-ring (bicyclic) bond motifs is 1. The van der Waals surface area contributed by atoms with Crippen molar-refractivity contribution in [3.05, 3.63) is 58.5 Å². The van der Waals surface area contributed by atoms with Crippen LogP contribution in [0.5, 0.6) is 5.75 Å². The van der Waals surface area contributed by atoms with Gasteiger partial charge in [-0.15, -0.1) is 0 Å². The van der Waals surface area contributed by atoms with E-state index in [1.807, 2.05) is 23.8 Å². The summed E-state index contributed by atoms with van der Waals surface area (Å²) in [5.74, 6) is 0.419. The molecule has 1 aromatic carbocycles. The molecule has 0 saturated carbocycles. The van der Waals surface area contributed by atoms with Crippen molar-refractivity contribution in [1.82, 2.24) is 14.9 Å². The summed E-state index contributed by atoms with van der Waals surface area (Å²) in [5.41, 5.74) is 1.11. The second-order valence-electron chi connectivity index (χ2n) is 6.04. The van der Waals surface area contributed by atoms with Gasteiger partial charge >= 0.3 is 5.63 Å². The third-order valence-electron chi connectivity index (χ3n) is 4.31. The van der Waals surface area contributed by atoms with E-state index < -0.39 is 5.63 Å². The first-order chi connectivity index (χ1) is 12.6. The van der Waals surface area contributed by atoms with E-state index in [0.29, 0.717) is 23.4 Å². The first-order valence-corrected chi connectivity index (χ1v) is 8.41. The van der Waals surface area contributed by atoms with Crippen LogP contribution in [0.4, 0.5) is 0 Å². The average molecular weight is 355 g/mol. The van der Waals surface area contributed by atoms with E-state index >= 15 is 0 Å². The molecule has 7 nitrogen and oxygen atoms in total. The monoisotopic (exact) mass is 355 g/mol. The maximum atomic E-state index is 12.3. The molecule has 7 heteroatoms. The topological polar surface area (TPSA) is 86.4 Å². The van der Waals surface area contributed by atoms with Crippen molar-refractivity contribution in [1.29, 1.82) is 0 Å². The lowest BCUT2D eigenvalue weighted by Crippen LogP contribution is -2.29. The lowest BCUT2D eigenvalue weighted by atomic mass is 10.0. The van der Waals surface area contributed by atoms with Crippen molar-refractivity contribution >= 4 is 16.9 Å². The molecule has 1 amide bonds. The number of hydrogen-bond donors (Lipinski definition) is 1. The van der Waals surface area contributed by atoms with Crippen molar-refractivity contribution in [3.8, 4) is 5.75 Å². The zero-order valence-electron chi connectivity index (χ0n) is 14.8. The SMILES string of the molecule is COc1ccc2c(C)c(CC(=O)NCCCn3ccnc3)c(=O)oc2c1. The number of aromatic nitrogens is 2. The van der Waals surface area contributed by atoms with Crippen LogP contribution in [0.2, 0.25) is 0 Å². The normalized spacial score (nSPS) is 10.8. The van der Waals surface area contributed by atoms with Crippen LogP contribution in [0, 0.1) is 6.92 Å². The molecule has 2 heterocycles. The Hall–Kier alpha value is -3.09. The van der Waals surface area contributed by atoms with Gasteiger partial charge in [0.1, 0.15) is 11.3 Å². The van der Waals surface area contributed by atoms with Gasteiger partial charge in [0.25, 0.3) is 0 Å². The van der Waals surface area contributed by atoms with Gasteiger partial charge in [-0.05, 0) is 31.0 Å². The fraction of sp³-hybridized carbons (Fsp3) is 0.316. The molecule has 0 unspecified atom stereocenters. The molecule has 0 saturated heterocycles. The molecule has 0 aliphatic rings. The fourth-order valence-corrected chi connectivity index (χ4v) is 2.84. The highest BCUT2D eigenvalue weighted by Gasteiger charge is 2.15. The molecule has 0 aliphatic carbocycles. The Balaban J connectivity index is 1.65. The highest BCUT2D eigenvalue weighted by atomic mass is 16.5. The lowest BCUT2D eigenvalue weighted by molar-refractivity contribution is -0.120. The Morgan fingerprint density at radius 1 is 1.38 bits per heavy atom. The van der Waals surface area contributed by atoms with Gasteiger partial charge in [-0.3, -0.25) is 4.79 Å². The molecule has 0 fully saturated rings. The molecule has 0 bridgehead atoms. The number of methoxy groups -OCH3 is 1. The second-order valence-corrected chi connectivity index (χ2v) is 6.04. The Morgan fingerprint density at radius 3 is 2.96 bits per heavy atom. The Kier molecular flexibility index (Phi) is 5.36. The lowest BCUT2D eigenvalue weighted by Gasteiger charge is -2.09. The van der Waals surface area contributed by atoms with Crippen LogP contribution in [-0.2, 0) is 17.8 Å². The molecule has 26 heavy (non-hydrogen) atoms.